The predicted octanol–water partition coefficient (Wildman–Crippen LogP) is 4.47. The lowest BCUT2D eigenvalue weighted by Crippen LogP contribution is -2.27. The molecule has 3 heteroatoms. The van der Waals surface area contributed by atoms with Gasteiger partial charge in [0, 0.05) is 46.2 Å². The Morgan fingerprint density at radius 2 is 1.17 bits per heavy atom. The molecule has 0 amide bonds. The fourth-order valence-electron chi connectivity index (χ4n) is 4.33. The van der Waals surface area contributed by atoms with Crippen molar-refractivity contribution >= 4 is 39.7 Å². The van der Waals surface area contributed by atoms with Gasteiger partial charge in [-0.05, 0) is 72.5 Å². The van der Waals surface area contributed by atoms with Crippen LogP contribution in [0, 0.1) is 0 Å². The zero-order valence-electron chi connectivity index (χ0n) is 17.3. The van der Waals surface area contributed by atoms with Gasteiger partial charge in [-0.1, -0.05) is 0 Å². The molecule has 2 aromatic heterocycles. The molecule has 0 bridgehead atoms. The Labute approximate surface area is 176 Å². The van der Waals surface area contributed by atoms with Gasteiger partial charge in [0.2, 0.25) is 11.0 Å². The van der Waals surface area contributed by atoms with E-state index in [9.17, 15) is 4.79 Å². The van der Waals surface area contributed by atoms with Crippen LogP contribution in [0.15, 0.2) is 84.2 Å². The number of allylic oxidation sites excluding steroid dienone is 2. The Hall–Kier alpha value is -3.59. The summed E-state index contributed by atoms with van der Waals surface area (Å²) in [7, 11) is 4.09. The van der Waals surface area contributed by atoms with Crippen LogP contribution in [-0.2, 0) is 18.9 Å². The highest BCUT2D eigenvalue weighted by Crippen LogP contribution is 2.30. The maximum atomic E-state index is 13.0. The number of benzene rings is 2. The average molecular weight is 393 g/mol. The molecule has 1 fully saturated rings. The Bertz CT molecular complexity index is 1270. The van der Waals surface area contributed by atoms with Crippen molar-refractivity contribution in [2.45, 2.75) is 12.8 Å². The number of nitrogens with zero attached hydrogens (tertiary/aromatic N) is 2. The number of pyridine rings is 2. The Morgan fingerprint density at radius 3 is 1.63 bits per heavy atom. The van der Waals surface area contributed by atoms with Crippen LogP contribution in [0.2, 0.25) is 0 Å². The van der Waals surface area contributed by atoms with Gasteiger partial charge in [-0.3, -0.25) is 4.79 Å². The van der Waals surface area contributed by atoms with Crippen molar-refractivity contribution in [3.63, 3.8) is 0 Å². The minimum absolute atomic E-state index is 0.174. The Kier molecular flexibility index (Phi) is 4.51. The molecule has 2 heterocycles. The van der Waals surface area contributed by atoms with E-state index in [1.165, 1.54) is 21.8 Å². The number of aryl methyl sites for hydroxylation is 2. The standard InChI is InChI=1S/C27H24N2O/c1-28-13-3-5-21-15-19(7-11-25(21)28)17-23-9-10-24(27(23)30)18-20-8-12-26-22(16-20)6-4-14-29(26)2/h3-8,11-18H,9-10H2,1-2H3/q+2. The predicted molar refractivity (Wildman–Crippen MR) is 120 cm³/mol. The van der Waals surface area contributed by atoms with Crippen LogP contribution in [0.1, 0.15) is 24.0 Å². The van der Waals surface area contributed by atoms with Gasteiger partial charge >= 0.3 is 0 Å². The number of fused-ring (bicyclic) bond motifs is 2. The highest BCUT2D eigenvalue weighted by molar-refractivity contribution is 6.15. The zero-order chi connectivity index (χ0) is 20.7. The first kappa shape index (κ1) is 18.4. The second-order valence-corrected chi connectivity index (χ2v) is 8.04. The van der Waals surface area contributed by atoms with Gasteiger partial charge in [-0.2, -0.15) is 0 Å². The van der Waals surface area contributed by atoms with Crippen LogP contribution in [0.3, 0.4) is 0 Å². The normalized spacial score (nSPS) is 16.9. The number of Topliss-reactive ketones (excluding diaryl/α,β-unsaturated/α-hetero) is 1. The lowest BCUT2D eigenvalue weighted by molar-refractivity contribution is -0.645. The van der Waals surface area contributed by atoms with E-state index in [1.54, 1.807) is 0 Å². The molecule has 1 aliphatic rings. The van der Waals surface area contributed by atoms with Gasteiger partial charge in [0.05, 0.1) is 0 Å². The molecular weight excluding hydrogens is 368 g/mol. The van der Waals surface area contributed by atoms with Crippen molar-refractivity contribution in [1.82, 2.24) is 0 Å². The molecule has 0 saturated heterocycles. The summed E-state index contributed by atoms with van der Waals surface area (Å²) in [5.41, 5.74) is 6.32. The minimum atomic E-state index is 0.174. The molecule has 2 aromatic carbocycles. The van der Waals surface area contributed by atoms with Crippen LogP contribution < -0.4 is 9.13 Å². The number of hydrogen-bond donors (Lipinski definition) is 0. The highest BCUT2D eigenvalue weighted by Gasteiger charge is 2.23. The summed E-state index contributed by atoms with van der Waals surface area (Å²) in [5, 5.41) is 2.36. The van der Waals surface area contributed by atoms with E-state index >= 15 is 0 Å². The van der Waals surface area contributed by atoms with Crippen LogP contribution in [0.25, 0.3) is 34.0 Å². The van der Waals surface area contributed by atoms with Gasteiger partial charge in [0.1, 0.15) is 14.1 Å². The molecule has 0 unspecified atom stereocenters. The molecule has 146 valence electrons. The Morgan fingerprint density at radius 1 is 0.700 bits per heavy atom. The second-order valence-electron chi connectivity index (χ2n) is 8.04. The number of aromatic nitrogens is 2. The van der Waals surface area contributed by atoms with Gasteiger partial charge < -0.3 is 0 Å². The maximum Gasteiger partial charge on any atom is 0.212 e. The number of ketones is 1. The minimum Gasteiger partial charge on any atom is -0.289 e. The number of carbonyl (C=O) groups excluding carboxylic acids is 1. The van der Waals surface area contributed by atoms with Crippen molar-refractivity contribution in [2.75, 3.05) is 0 Å². The first-order valence-electron chi connectivity index (χ1n) is 10.3. The molecule has 1 aliphatic carbocycles. The zero-order valence-corrected chi connectivity index (χ0v) is 17.3. The van der Waals surface area contributed by atoms with Crippen LogP contribution in [0.4, 0.5) is 0 Å². The monoisotopic (exact) mass is 392 g/mol. The molecule has 5 rings (SSSR count). The smallest absolute Gasteiger partial charge is 0.212 e. The molecule has 0 atom stereocenters. The molecule has 30 heavy (non-hydrogen) atoms. The van der Waals surface area contributed by atoms with Crippen molar-refractivity contribution in [3.05, 3.63) is 95.3 Å². The van der Waals surface area contributed by atoms with E-state index in [0.717, 1.165) is 35.1 Å². The molecule has 0 radical (unpaired) electrons. The lowest BCUT2D eigenvalue weighted by Gasteiger charge is -2.01. The highest BCUT2D eigenvalue weighted by atomic mass is 16.1. The number of rotatable bonds is 2. The molecule has 3 nitrogen and oxygen atoms in total. The van der Waals surface area contributed by atoms with Gasteiger partial charge in [0.25, 0.3) is 0 Å². The summed E-state index contributed by atoms with van der Waals surface area (Å²) in [4.78, 5) is 13.0. The first-order valence-corrected chi connectivity index (χ1v) is 10.3. The second kappa shape index (κ2) is 7.34. The maximum absolute atomic E-state index is 13.0. The summed E-state index contributed by atoms with van der Waals surface area (Å²) in [6.45, 7) is 0. The van der Waals surface area contributed by atoms with E-state index in [4.69, 9.17) is 0 Å². The third kappa shape index (κ3) is 3.33. The summed E-state index contributed by atoms with van der Waals surface area (Å²) >= 11 is 0. The molecule has 0 aliphatic heterocycles. The topological polar surface area (TPSA) is 24.8 Å². The SMILES string of the molecule is C[n+]1cccc2cc(C=C3CCC(=Cc4ccc5c(ccc[n+]5C)c4)C3=O)ccc21. The van der Waals surface area contributed by atoms with Crippen LogP contribution in [-0.4, -0.2) is 5.78 Å². The summed E-state index contributed by atoms with van der Waals surface area (Å²) in [6.07, 6.45) is 9.79. The van der Waals surface area contributed by atoms with E-state index < -0.39 is 0 Å². The van der Waals surface area contributed by atoms with Crippen molar-refractivity contribution in [3.8, 4) is 0 Å². The van der Waals surface area contributed by atoms with Gasteiger partial charge in [0.15, 0.2) is 18.2 Å². The summed E-state index contributed by atoms with van der Waals surface area (Å²) in [5.74, 6) is 0.174. The average Bonchev–Trinajstić information content (AvgIpc) is 3.07. The van der Waals surface area contributed by atoms with Gasteiger partial charge in [-0.15, -0.1) is 0 Å². The van der Waals surface area contributed by atoms with Crippen molar-refractivity contribution < 1.29 is 13.9 Å². The van der Waals surface area contributed by atoms with E-state index in [0.29, 0.717) is 0 Å². The molecule has 4 aromatic rings. The number of carbonyl (C=O) groups is 1. The molecule has 0 N–H and O–H groups in total. The van der Waals surface area contributed by atoms with Crippen LogP contribution in [0.5, 0.6) is 0 Å². The van der Waals surface area contributed by atoms with E-state index in [1.807, 2.05) is 38.6 Å². The van der Waals surface area contributed by atoms with Crippen LogP contribution >= 0.6 is 0 Å². The Balaban J connectivity index is 1.45. The molecule has 1 saturated carbocycles. The largest absolute Gasteiger partial charge is 0.289 e. The van der Waals surface area contributed by atoms with Crippen molar-refractivity contribution in [2.24, 2.45) is 14.1 Å². The van der Waals surface area contributed by atoms with Gasteiger partial charge in [-0.25, -0.2) is 9.13 Å². The fourth-order valence-corrected chi connectivity index (χ4v) is 4.33. The van der Waals surface area contributed by atoms with E-state index in [2.05, 4.69) is 69.8 Å². The fraction of sp³-hybridized carbons (Fsp3) is 0.148. The quantitative estimate of drug-likeness (QED) is 0.365. The van der Waals surface area contributed by atoms with E-state index in [-0.39, 0.29) is 5.78 Å². The third-order valence-corrected chi connectivity index (χ3v) is 5.96. The molecule has 0 spiro atoms. The van der Waals surface area contributed by atoms with Crippen molar-refractivity contribution in [1.29, 1.82) is 0 Å². The molecular formula is C27H24N2O+2. The summed E-state index contributed by atoms with van der Waals surface area (Å²) in [6, 6.07) is 21.0. The third-order valence-electron chi connectivity index (χ3n) is 5.96. The lowest BCUT2D eigenvalue weighted by atomic mass is 10.0. The first-order chi connectivity index (χ1) is 14.6. The summed E-state index contributed by atoms with van der Waals surface area (Å²) < 4.78 is 4.22. The number of hydrogen-bond acceptors (Lipinski definition) is 1.